The van der Waals surface area contributed by atoms with Gasteiger partial charge in [0.1, 0.15) is 0 Å². The first-order chi connectivity index (χ1) is 9.47. The van der Waals surface area contributed by atoms with E-state index in [-0.39, 0.29) is 5.69 Å². The summed E-state index contributed by atoms with van der Waals surface area (Å²) in [5.74, 6) is -0.686. The number of hydrogen-bond acceptors (Lipinski definition) is 3. The summed E-state index contributed by atoms with van der Waals surface area (Å²) in [7, 11) is 0. The lowest BCUT2D eigenvalue weighted by Crippen LogP contribution is -2.11. The average Bonchev–Trinajstić information content (AvgIpc) is 2.72. The van der Waals surface area contributed by atoms with Gasteiger partial charge in [-0.2, -0.15) is 0 Å². The van der Waals surface area contributed by atoms with Crippen molar-refractivity contribution in [1.82, 2.24) is 15.0 Å². The van der Waals surface area contributed by atoms with Crippen LogP contribution in [0.25, 0.3) is 0 Å². The number of carboxylic acid groups (broad SMARTS) is 1. The molecule has 0 spiro atoms. The highest BCUT2D eigenvalue weighted by molar-refractivity contribution is 9.10. The number of benzene rings is 1. The molecule has 0 radical (unpaired) electrons. The minimum absolute atomic E-state index is 0.0497. The van der Waals surface area contributed by atoms with Gasteiger partial charge < -0.3 is 5.11 Å². The Kier molecular flexibility index (Phi) is 4.54. The number of nitrogens with zero attached hydrogens (tertiary/aromatic N) is 3. The van der Waals surface area contributed by atoms with Crippen LogP contribution >= 0.6 is 15.9 Å². The molecule has 1 heterocycles. The topological polar surface area (TPSA) is 68.0 Å². The average molecular weight is 338 g/mol. The summed E-state index contributed by atoms with van der Waals surface area (Å²) in [6.07, 6.45) is 0.642. The zero-order chi connectivity index (χ0) is 14.7. The molecule has 0 aliphatic heterocycles. The van der Waals surface area contributed by atoms with Crippen molar-refractivity contribution in [3.8, 4) is 0 Å². The quantitative estimate of drug-likeness (QED) is 0.910. The van der Waals surface area contributed by atoms with Crippen molar-refractivity contribution < 1.29 is 9.90 Å². The Balaban J connectivity index is 2.33. The summed E-state index contributed by atoms with van der Waals surface area (Å²) in [4.78, 5) is 11.2. The third kappa shape index (κ3) is 3.45. The Labute approximate surface area is 125 Å². The number of aromatic carboxylic acids is 1. The van der Waals surface area contributed by atoms with E-state index in [0.717, 1.165) is 10.0 Å². The monoisotopic (exact) mass is 337 g/mol. The van der Waals surface area contributed by atoms with Gasteiger partial charge in [-0.25, -0.2) is 9.48 Å². The molecule has 2 aromatic rings. The van der Waals surface area contributed by atoms with Crippen LogP contribution in [0.5, 0.6) is 0 Å². The maximum absolute atomic E-state index is 11.2. The van der Waals surface area contributed by atoms with Crippen LogP contribution in [0.3, 0.4) is 0 Å². The number of aromatic nitrogens is 3. The van der Waals surface area contributed by atoms with Crippen LogP contribution in [0.4, 0.5) is 0 Å². The molecule has 0 aliphatic carbocycles. The Morgan fingerprint density at radius 1 is 1.45 bits per heavy atom. The van der Waals surface area contributed by atoms with Crippen molar-refractivity contribution in [3.63, 3.8) is 0 Å². The highest BCUT2D eigenvalue weighted by Gasteiger charge is 2.19. The first kappa shape index (κ1) is 14.7. The van der Waals surface area contributed by atoms with Crippen LogP contribution in [0.15, 0.2) is 28.7 Å². The Morgan fingerprint density at radius 3 is 2.80 bits per heavy atom. The van der Waals surface area contributed by atoms with Gasteiger partial charge in [-0.1, -0.05) is 47.1 Å². The van der Waals surface area contributed by atoms with E-state index in [2.05, 4.69) is 26.2 Å². The van der Waals surface area contributed by atoms with Crippen LogP contribution in [0.2, 0.25) is 0 Å². The third-order valence-corrected chi connectivity index (χ3v) is 3.36. The normalized spacial score (nSPS) is 11.0. The van der Waals surface area contributed by atoms with E-state index in [9.17, 15) is 9.90 Å². The Bertz CT molecular complexity index is 623. The Morgan fingerprint density at radius 2 is 2.20 bits per heavy atom. The van der Waals surface area contributed by atoms with Gasteiger partial charge in [0, 0.05) is 4.47 Å². The smallest absolute Gasteiger partial charge is 0.358 e. The first-order valence-electron chi connectivity index (χ1n) is 6.37. The van der Waals surface area contributed by atoms with E-state index in [0.29, 0.717) is 24.6 Å². The minimum Gasteiger partial charge on any atom is -0.476 e. The van der Waals surface area contributed by atoms with Gasteiger partial charge in [0.05, 0.1) is 12.2 Å². The first-order valence-corrected chi connectivity index (χ1v) is 7.16. The SMILES string of the molecule is CC(C)Cc1c(C(=O)O)nnn1Cc1cccc(Br)c1. The molecule has 0 atom stereocenters. The Hall–Kier alpha value is -1.69. The summed E-state index contributed by atoms with van der Waals surface area (Å²) >= 11 is 3.42. The summed E-state index contributed by atoms with van der Waals surface area (Å²) in [5.41, 5.74) is 1.77. The number of carbonyl (C=O) groups is 1. The van der Waals surface area contributed by atoms with Crippen molar-refractivity contribution in [3.05, 3.63) is 45.7 Å². The summed E-state index contributed by atoms with van der Waals surface area (Å²) in [5, 5.41) is 17.0. The van der Waals surface area contributed by atoms with Crippen molar-refractivity contribution >= 4 is 21.9 Å². The molecular weight excluding hydrogens is 322 g/mol. The standard InChI is InChI=1S/C14H16BrN3O2/c1-9(2)6-12-13(14(19)20)16-17-18(12)8-10-4-3-5-11(15)7-10/h3-5,7,9H,6,8H2,1-2H3,(H,19,20). The maximum atomic E-state index is 11.2. The molecule has 5 nitrogen and oxygen atoms in total. The van der Waals surface area contributed by atoms with Crippen LogP contribution in [-0.2, 0) is 13.0 Å². The molecule has 0 amide bonds. The van der Waals surface area contributed by atoms with Crippen molar-refractivity contribution in [2.75, 3.05) is 0 Å². The molecule has 0 fully saturated rings. The third-order valence-electron chi connectivity index (χ3n) is 2.86. The van der Waals surface area contributed by atoms with Crippen LogP contribution in [-0.4, -0.2) is 26.1 Å². The van der Waals surface area contributed by atoms with E-state index in [4.69, 9.17) is 0 Å². The molecule has 1 aromatic heterocycles. The van der Waals surface area contributed by atoms with Crippen molar-refractivity contribution in [2.24, 2.45) is 5.92 Å². The zero-order valence-electron chi connectivity index (χ0n) is 11.4. The molecule has 0 saturated heterocycles. The number of carboxylic acids is 1. The second-order valence-electron chi connectivity index (χ2n) is 5.08. The van der Waals surface area contributed by atoms with Crippen molar-refractivity contribution in [1.29, 1.82) is 0 Å². The summed E-state index contributed by atoms with van der Waals surface area (Å²) < 4.78 is 2.66. The molecule has 0 bridgehead atoms. The molecule has 0 aliphatic rings. The van der Waals surface area contributed by atoms with E-state index >= 15 is 0 Å². The molecule has 0 unspecified atom stereocenters. The second-order valence-corrected chi connectivity index (χ2v) is 5.99. The summed E-state index contributed by atoms with van der Waals surface area (Å²) in [6, 6.07) is 7.85. The van der Waals surface area contributed by atoms with Crippen LogP contribution < -0.4 is 0 Å². The van der Waals surface area contributed by atoms with E-state index in [1.54, 1.807) is 4.68 Å². The van der Waals surface area contributed by atoms with Gasteiger partial charge >= 0.3 is 5.97 Å². The molecule has 0 saturated carbocycles. The maximum Gasteiger partial charge on any atom is 0.358 e. The predicted molar refractivity (Wildman–Crippen MR) is 78.8 cm³/mol. The molecule has 1 N–H and O–H groups in total. The van der Waals surface area contributed by atoms with Crippen LogP contribution in [0, 0.1) is 5.92 Å². The number of rotatable bonds is 5. The molecule has 1 aromatic carbocycles. The molecular formula is C14H16BrN3O2. The largest absolute Gasteiger partial charge is 0.476 e. The predicted octanol–water partition coefficient (Wildman–Crippen LogP) is 2.99. The zero-order valence-corrected chi connectivity index (χ0v) is 13.0. The number of halogens is 1. The lowest BCUT2D eigenvalue weighted by molar-refractivity contribution is 0.0689. The second kappa shape index (κ2) is 6.17. The van der Waals surface area contributed by atoms with E-state index in [1.165, 1.54) is 0 Å². The molecule has 20 heavy (non-hydrogen) atoms. The lowest BCUT2D eigenvalue weighted by Gasteiger charge is -2.09. The van der Waals surface area contributed by atoms with Gasteiger partial charge in [0.15, 0.2) is 5.69 Å². The minimum atomic E-state index is -1.03. The van der Waals surface area contributed by atoms with Crippen molar-refractivity contribution in [2.45, 2.75) is 26.8 Å². The summed E-state index contributed by atoms with van der Waals surface area (Å²) in [6.45, 7) is 4.60. The van der Waals surface area contributed by atoms with Gasteiger partial charge in [-0.05, 0) is 30.0 Å². The van der Waals surface area contributed by atoms with E-state index in [1.807, 2.05) is 38.1 Å². The molecule has 106 valence electrons. The fourth-order valence-corrected chi connectivity index (χ4v) is 2.47. The molecule has 6 heteroatoms. The van der Waals surface area contributed by atoms with Gasteiger partial charge in [-0.15, -0.1) is 5.10 Å². The van der Waals surface area contributed by atoms with E-state index < -0.39 is 5.97 Å². The lowest BCUT2D eigenvalue weighted by atomic mass is 10.1. The fourth-order valence-electron chi connectivity index (χ4n) is 2.02. The van der Waals surface area contributed by atoms with Gasteiger partial charge in [0.2, 0.25) is 0 Å². The van der Waals surface area contributed by atoms with Gasteiger partial charge in [-0.3, -0.25) is 0 Å². The highest BCUT2D eigenvalue weighted by atomic mass is 79.9. The highest BCUT2D eigenvalue weighted by Crippen LogP contribution is 2.16. The number of hydrogen-bond donors (Lipinski definition) is 1. The fraction of sp³-hybridized carbons (Fsp3) is 0.357. The van der Waals surface area contributed by atoms with Gasteiger partial charge in [0.25, 0.3) is 0 Å². The van der Waals surface area contributed by atoms with Crippen LogP contribution in [0.1, 0.15) is 35.6 Å². The molecule has 2 rings (SSSR count).